The molecular formula is C20H21F3N2O. The number of carbonyl (C=O) groups is 1. The summed E-state index contributed by atoms with van der Waals surface area (Å²) >= 11 is 0. The predicted molar refractivity (Wildman–Crippen MR) is 95.1 cm³/mol. The molecule has 1 saturated heterocycles. The van der Waals surface area contributed by atoms with Gasteiger partial charge in [-0.1, -0.05) is 30.3 Å². The van der Waals surface area contributed by atoms with Crippen molar-refractivity contribution in [3.8, 4) is 0 Å². The van der Waals surface area contributed by atoms with E-state index in [1.807, 2.05) is 36.1 Å². The zero-order valence-corrected chi connectivity index (χ0v) is 14.6. The molecule has 0 radical (unpaired) electrons. The maximum absolute atomic E-state index is 12.9. The zero-order chi connectivity index (χ0) is 18.7. The smallest absolute Gasteiger partial charge is 0.368 e. The van der Waals surface area contributed by atoms with E-state index in [-0.39, 0.29) is 5.91 Å². The Labute approximate surface area is 151 Å². The van der Waals surface area contributed by atoms with E-state index in [9.17, 15) is 18.0 Å². The minimum absolute atomic E-state index is 0.0583. The second-order valence-corrected chi connectivity index (χ2v) is 6.52. The molecule has 1 amide bonds. The molecule has 0 N–H and O–H groups in total. The Morgan fingerprint density at radius 3 is 2.35 bits per heavy atom. The number of hydrogen-bond acceptors (Lipinski definition) is 2. The van der Waals surface area contributed by atoms with Crippen LogP contribution in [0.2, 0.25) is 0 Å². The highest BCUT2D eigenvalue weighted by molar-refractivity contribution is 5.79. The molecule has 1 fully saturated rings. The van der Waals surface area contributed by atoms with E-state index >= 15 is 0 Å². The molecule has 0 aromatic heterocycles. The van der Waals surface area contributed by atoms with Gasteiger partial charge in [0.05, 0.1) is 12.0 Å². The summed E-state index contributed by atoms with van der Waals surface area (Å²) in [6.07, 6.45) is -3.99. The highest BCUT2D eigenvalue weighted by Crippen LogP contribution is 2.31. The lowest BCUT2D eigenvalue weighted by Gasteiger charge is -2.36. The lowest BCUT2D eigenvalue weighted by Crippen LogP contribution is -2.49. The summed E-state index contributed by atoms with van der Waals surface area (Å²) in [5.74, 6) is 0.0583. The number of anilines is 1. The third-order valence-electron chi connectivity index (χ3n) is 4.77. The number of carbonyl (C=O) groups excluding carboxylic acids is 1. The molecule has 0 bridgehead atoms. The maximum atomic E-state index is 12.9. The van der Waals surface area contributed by atoms with Crippen LogP contribution in [-0.2, 0) is 17.4 Å². The topological polar surface area (TPSA) is 23.6 Å². The second-order valence-electron chi connectivity index (χ2n) is 6.52. The number of benzene rings is 2. The zero-order valence-electron chi connectivity index (χ0n) is 14.6. The molecule has 0 unspecified atom stereocenters. The lowest BCUT2D eigenvalue weighted by molar-refractivity contribution is -0.137. The Kier molecular flexibility index (Phi) is 5.20. The van der Waals surface area contributed by atoms with Crippen LogP contribution in [0.15, 0.2) is 48.5 Å². The number of rotatable bonds is 3. The van der Waals surface area contributed by atoms with Gasteiger partial charge in [-0.2, -0.15) is 13.2 Å². The molecule has 0 spiro atoms. The van der Waals surface area contributed by atoms with Crippen molar-refractivity contribution in [2.45, 2.75) is 19.5 Å². The van der Waals surface area contributed by atoms with Crippen LogP contribution in [0.1, 0.15) is 16.7 Å². The molecule has 1 aliphatic heterocycles. The van der Waals surface area contributed by atoms with Gasteiger partial charge in [0.25, 0.3) is 0 Å². The Hall–Kier alpha value is -2.50. The molecule has 26 heavy (non-hydrogen) atoms. The predicted octanol–water partition coefficient (Wildman–Crippen LogP) is 3.91. The van der Waals surface area contributed by atoms with Gasteiger partial charge in [0.2, 0.25) is 5.91 Å². The summed E-state index contributed by atoms with van der Waals surface area (Å²) in [5.41, 5.74) is 2.00. The van der Waals surface area contributed by atoms with Crippen LogP contribution in [0.25, 0.3) is 0 Å². The van der Waals surface area contributed by atoms with Crippen LogP contribution < -0.4 is 4.90 Å². The largest absolute Gasteiger partial charge is 0.416 e. The maximum Gasteiger partial charge on any atom is 0.416 e. The number of alkyl halides is 3. The van der Waals surface area contributed by atoms with Crippen molar-refractivity contribution in [1.29, 1.82) is 0 Å². The Morgan fingerprint density at radius 1 is 1.00 bits per heavy atom. The average Bonchev–Trinajstić information content (AvgIpc) is 2.63. The monoisotopic (exact) mass is 362 g/mol. The molecule has 138 valence electrons. The highest BCUT2D eigenvalue weighted by atomic mass is 19.4. The number of nitrogens with zero attached hydrogens (tertiary/aromatic N) is 2. The minimum atomic E-state index is -4.35. The molecule has 3 nitrogen and oxygen atoms in total. The fourth-order valence-electron chi connectivity index (χ4n) is 3.18. The summed E-state index contributed by atoms with van der Waals surface area (Å²) in [7, 11) is 0. The normalized spacial score (nSPS) is 15.2. The van der Waals surface area contributed by atoms with Gasteiger partial charge in [-0.3, -0.25) is 4.79 Å². The number of hydrogen-bond donors (Lipinski definition) is 0. The van der Waals surface area contributed by atoms with Gasteiger partial charge in [0.15, 0.2) is 0 Å². The van der Waals surface area contributed by atoms with Gasteiger partial charge >= 0.3 is 6.18 Å². The first-order valence-corrected chi connectivity index (χ1v) is 8.59. The average molecular weight is 362 g/mol. The summed E-state index contributed by atoms with van der Waals surface area (Å²) < 4.78 is 38.6. The molecule has 0 saturated carbocycles. The fraction of sp³-hybridized carbons (Fsp3) is 0.350. The number of halogens is 3. The van der Waals surface area contributed by atoms with Crippen LogP contribution in [0, 0.1) is 6.92 Å². The fourth-order valence-corrected chi connectivity index (χ4v) is 3.18. The number of piperazine rings is 1. The number of aryl methyl sites for hydroxylation is 1. The van der Waals surface area contributed by atoms with Gasteiger partial charge < -0.3 is 9.80 Å². The van der Waals surface area contributed by atoms with Crippen LogP contribution in [-0.4, -0.2) is 37.0 Å². The first-order valence-electron chi connectivity index (χ1n) is 8.59. The van der Waals surface area contributed by atoms with E-state index in [0.29, 0.717) is 38.3 Å². The van der Waals surface area contributed by atoms with Gasteiger partial charge in [0, 0.05) is 31.9 Å². The second kappa shape index (κ2) is 7.40. The summed E-state index contributed by atoms with van der Waals surface area (Å²) in [6, 6.07) is 13.1. The van der Waals surface area contributed by atoms with Crippen LogP contribution in [0.4, 0.5) is 18.9 Å². The molecule has 6 heteroatoms. The van der Waals surface area contributed by atoms with Gasteiger partial charge in [-0.05, 0) is 36.2 Å². The standard InChI is InChI=1S/C20H21F3N2O/c1-15-5-2-3-6-16(15)13-19(26)25-11-9-24(10-12-25)18-8-4-7-17(14-18)20(21,22)23/h2-8,14H,9-13H2,1H3. The lowest BCUT2D eigenvalue weighted by atomic mass is 10.1. The highest BCUT2D eigenvalue weighted by Gasteiger charge is 2.31. The third kappa shape index (κ3) is 4.18. The van der Waals surface area contributed by atoms with E-state index in [4.69, 9.17) is 0 Å². The Balaban J connectivity index is 1.61. The summed E-state index contributed by atoms with van der Waals surface area (Å²) in [4.78, 5) is 16.2. The Bertz CT molecular complexity index is 781. The number of amides is 1. The van der Waals surface area contributed by atoms with Crippen molar-refractivity contribution in [3.63, 3.8) is 0 Å². The molecule has 0 atom stereocenters. The van der Waals surface area contributed by atoms with Gasteiger partial charge in [0.1, 0.15) is 0 Å². The van der Waals surface area contributed by atoms with Gasteiger partial charge in [-0.25, -0.2) is 0 Å². The van der Waals surface area contributed by atoms with E-state index in [1.54, 1.807) is 11.0 Å². The van der Waals surface area contributed by atoms with Crippen molar-refractivity contribution in [2.24, 2.45) is 0 Å². The van der Waals surface area contributed by atoms with Gasteiger partial charge in [-0.15, -0.1) is 0 Å². The Morgan fingerprint density at radius 2 is 1.69 bits per heavy atom. The molecule has 2 aromatic rings. The molecule has 1 heterocycles. The summed E-state index contributed by atoms with van der Waals surface area (Å²) in [6.45, 7) is 4.07. The SMILES string of the molecule is Cc1ccccc1CC(=O)N1CCN(c2cccc(C(F)(F)F)c2)CC1. The van der Waals surface area contributed by atoms with Crippen molar-refractivity contribution in [1.82, 2.24) is 4.90 Å². The van der Waals surface area contributed by atoms with Crippen molar-refractivity contribution < 1.29 is 18.0 Å². The van der Waals surface area contributed by atoms with E-state index < -0.39 is 11.7 Å². The van der Waals surface area contributed by atoms with Crippen LogP contribution in [0.5, 0.6) is 0 Å². The third-order valence-corrected chi connectivity index (χ3v) is 4.77. The molecule has 0 aliphatic carbocycles. The van der Waals surface area contributed by atoms with Crippen LogP contribution >= 0.6 is 0 Å². The first-order chi connectivity index (χ1) is 12.3. The quantitative estimate of drug-likeness (QED) is 0.827. The van der Waals surface area contributed by atoms with Crippen molar-refractivity contribution in [2.75, 3.05) is 31.1 Å². The first kappa shape index (κ1) is 18.3. The minimum Gasteiger partial charge on any atom is -0.368 e. The summed E-state index contributed by atoms with van der Waals surface area (Å²) in [5, 5.41) is 0. The molecule has 2 aromatic carbocycles. The van der Waals surface area contributed by atoms with Crippen LogP contribution in [0.3, 0.4) is 0 Å². The molecule has 1 aliphatic rings. The van der Waals surface area contributed by atoms with Crippen molar-refractivity contribution >= 4 is 11.6 Å². The van der Waals surface area contributed by atoms with E-state index in [1.165, 1.54) is 12.1 Å². The van der Waals surface area contributed by atoms with E-state index in [2.05, 4.69) is 0 Å². The van der Waals surface area contributed by atoms with Crippen molar-refractivity contribution in [3.05, 3.63) is 65.2 Å². The molecule has 3 rings (SSSR count). The van der Waals surface area contributed by atoms with E-state index in [0.717, 1.165) is 17.2 Å². The molecular weight excluding hydrogens is 341 g/mol.